The zero-order valence-electron chi connectivity index (χ0n) is 16.5. The minimum absolute atomic E-state index is 0.845. The van der Waals surface area contributed by atoms with Gasteiger partial charge in [-0.25, -0.2) is 0 Å². The van der Waals surface area contributed by atoms with Crippen LogP contribution in [-0.4, -0.2) is 20.5 Å². The van der Waals surface area contributed by atoms with Crippen LogP contribution in [0.5, 0.6) is 0 Å². The van der Waals surface area contributed by atoms with Crippen molar-refractivity contribution in [2.24, 2.45) is 0 Å². The van der Waals surface area contributed by atoms with E-state index in [1.807, 2.05) is 0 Å². The lowest BCUT2D eigenvalue weighted by atomic mass is 9.96. The number of nitrogens with one attached hydrogen (secondary N) is 2. The van der Waals surface area contributed by atoms with Gasteiger partial charge in [-0.05, 0) is 36.8 Å². The largest absolute Gasteiger partial charge is 0.322 e. The second-order valence-corrected chi connectivity index (χ2v) is 13.7. The first-order chi connectivity index (χ1) is 12.4. The molecule has 4 rings (SSSR count). The van der Waals surface area contributed by atoms with Crippen molar-refractivity contribution in [3.05, 3.63) is 0 Å². The Morgan fingerprint density at radius 2 is 0.720 bits per heavy atom. The fourth-order valence-corrected chi connectivity index (χ4v) is 13.0. The summed E-state index contributed by atoms with van der Waals surface area (Å²) in [6.45, 7) is 0. The Morgan fingerprint density at radius 3 is 1.08 bits per heavy atom. The van der Waals surface area contributed by atoms with Gasteiger partial charge in [-0.15, -0.1) is 0 Å². The smallest absolute Gasteiger partial charge is 0.208 e. The fourth-order valence-electron chi connectivity index (χ4n) is 6.78. The second-order valence-electron chi connectivity index (χ2n) is 9.79. The molecule has 0 spiro atoms. The molecule has 0 aliphatic heterocycles. The molecule has 25 heavy (non-hydrogen) atoms. The second kappa shape index (κ2) is 8.88. The molecule has 0 heterocycles. The van der Waals surface area contributed by atoms with Crippen molar-refractivity contribution in [1.82, 2.24) is 9.96 Å². The van der Waals surface area contributed by atoms with Gasteiger partial charge >= 0.3 is 0 Å². The molecule has 0 unspecified atom stereocenters. The number of hydrogen-bond donors (Lipinski definition) is 2. The first-order valence-electron chi connectivity index (χ1n) is 11.9. The average molecular weight is 363 g/mol. The van der Waals surface area contributed by atoms with Crippen LogP contribution in [0.15, 0.2) is 0 Å². The molecule has 0 aromatic heterocycles. The molecule has 2 nitrogen and oxygen atoms in total. The van der Waals surface area contributed by atoms with Gasteiger partial charge in [0.1, 0.15) is 0 Å². The number of rotatable bonds is 6. The summed E-state index contributed by atoms with van der Waals surface area (Å²) in [6.07, 6.45) is 26.8. The Morgan fingerprint density at radius 1 is 0.400 bits per heavy atom. The lowest BCUT2D eigenvalue weighted by molar-refractivity contribution is 0.378. The Balaban J connectivity index is 1.57. The van der Waals surface area contributed by atoms with Crippen LogP contribution in [0, 0.1) is 0 Å². The Kier molecular flexibility index (Phi) is 6.57. The third kappa shape index (κ3) is 4.35. The molecule has 0 bridgehead atoms. The normalized spacial score (nSPS) is 28.8. The van der Waals surface area contributed by atoms with Crippen molar-refractivity contribution in [1.29, 1.82) is 0 Å². The fraction of sp³-hybridized carbons (Fsp3) is 1.00. The average Bonchev–Trinajstić information content (AvgIpc) is 3.37. The molecule has 4 aliphatic rings. The van der Waals surface area contributed by atoms with Crippen LogP contribution < -0.4 is 9.96 Å². The third-order valence-corrected chi connectivity index (χ3v) is 13.6. The first-order valence-corrected chi connectivity index (χ1v) is 14.1. The van der Waals surface area contributed by atoms with Gasteiger partial charge in [-0.3, -0.25) is 0 Å². The van der Waals surface area contributed by atoms with Gasteiger partial charge in [-0.2, -0.15) is 0 Å². The summed E-state index contributed by atoms with van der Waals surface area (Å²) in [5, 5.41) is 0. The maximum absolute atomic E-state index is 4.53. The van der Waals surface area contributed by atoms with E-state index in [9.17, 15) is 0 Å². The lowest BCUT2D eigenvalue weighted by Crippen LogP contribution is -2.72. The zero-order valence-corrected chi connectivity index (χ0v) is 17.5. The van der Waals surface area contributed by atoms with Crippen molar-refractivity contribution < 1.29 is 0 Å². The van der Waals surface area contributed by atoms with E-state index in [4.69, 9.17) is 0 Å². The summed E-state index contributed by atoms with van der Waals surface area (Å²) >= 11 is 0. The van der Waals surface area contributed by atoms with E-state index in [0.29, 0.717) is 0 Å². The molecular formula is C22H42N2Si. The van der Waals surface area contributed by atoms with Crippen molar-refractivity contribution in [2.75, 3.05) is 0 Å². The van der Waals surface area contributed by atoms with Crippen LogP contribution in [0.4, 0.5) is 0 Å². The van der Waals surface area contributed by atoms with Gasteiger partial charge in [0.25, 0.3) is 0 Å². The lowest BCUT2D eigenvalue weighted by Gasteiger charge is -2.48. The van der Waals surface area contributed by atoms with Crippen molar-refractivity contribution in [3.63, 3.8) is 0 Å². The van der Waals surface area contributed by atoms with Gasteiger partial charge in [0.2, 0.25) is 8.40 Å². The highest BCUT2D eigenvalue weighted by atomic mass is 28.3. The zero-order chi connectivity index (χ0) is 17.0. The molecule has 0 saturated heterocycles. The van der Waals surface area contributed by atoms with E-state index in [1.165, 1.54) is 116 Å². The third-order valence-electron chi connectivity index (χ3n) is 8.09. The molecule has 0 atom stereocenters. The van der Waals surface area contributed by atoms with E-state index in [2.05, 4.69) is 9.96 Å². The summed E-state index contributed by atoms with van der Waals surface area (Å²) in [4.78, 5) is 9.06. The van der Waals surface area contributed by atoms with Crippen LogP contribution in [0.3, 0.4) is 0 Å². The van der Waals surface area contributed by atoms with E-state index in [1.54, 1.807) is 0 Å². The highest BCUT2D eigenvalue weighted by Gasteiger charge is 2.51. The molecule has 0 amide bonds. The van der Waals surface area contributed by atoms with Crippen LogP contribution in [0.2, 0.25) is 11.1 Å². The van der Waals surface area contributed by atoms with Crippen LogP contribution in [-0.2, 0) is 0 Å². The van der Waals surface area contributed by atoms with E-state index in [-0.39, 0.29) is 0 Å². The minimum atomic E-state index is -1.60. The maximum Gasteiger partial charge on any atom is 0.208 e. The van der Waals surface area contributed by atoms with E-state index in [0.717, 1.165) is 23.2 Å². The van der Waals surface area contributed by atoms with Crippen molar-refractivity contribution in [3.8, 4) is 0 Å². The quantitative estimate of drug-likeness (QED) is 0.553. The SMILES string of the molecule is C1CCC(N[Si](NC2CCCCC2)(C2CCCC2)C2CCCC2)CC1. The molecule has 4 saturated carbocycles. The highest BCUT2D eigenvalue weighted by Crippen LogP contribution is 2.48. The molecule has 2 N–H and O–H groups in total. The van der Waals surface area contributed by atoms with Crippen LogP contribution in [0.25, 0.3) is 0 Å². The molecule has 4 fully saturated rings. The van der Waals surface area contributed by atoms with Gasteiger partial charge in [0.05, 0.1) is 0 Å². The molecule has 0 aromatic carbocycles. The predicted molar refractivity (Wildman–Crippen MR) is 110 cm³/mol. The summed E-state index contributed by atoms with van der Waals surface area (Å²) in [6, 6.07) is 1.69. The molecule has 3 heteroatoms. The monoisotopic (exact) mass is 362 g/mol. The number of hydrogen-bond acceptors (Lipinski definition) is 2. The Labute approximate surface area is 157 Å². The van der Waals surface area contributed by atoms with Crippen molar-refractivity contribution in [2.45, 2.75) is 139 Å². The Bertz CT molecular complexity index is 351. The van der Waals surface area contributed by atoms with Gasteiger partial charge in [0.15, 0.2) is 0 Å². The molecule has 0 radical (unpaired) electrons. The molecule has 144 valence electrons. The van der Waals surface area contributed by atoms with Gasteiger partial charge in [-0.1, -0.05) is 89.9 Å². The topological polar surface area (TPSA) is 24.1 Å². The van der Waals surface area contributed by atoms with Gasteiger partial charge < -0.3 is 9.96 Å². The molecule has 4 aliphatic carbocycles. The summed E-state index contributed by atoms with van der Waals surface area (Å²) in [5.41, 5.74) is 2.05. The maximum atomic E-state index is 4.53. The Hall–Kier alpha value is 0.137. The van der Waals surface area contributed by atoms with Crippen LogP contribution >= 0.6 is 0 Å². The van der Waals surface area contributed by atoms with E-state index >= 15 is 0 Å². The molecule has 0 aromatic rings. The standard InChI is InChI=1S/C22H42N2Si/c1-3-11-19(12-4-1)23-25(21-15-7-8-16-21,22-17-9-10-18-22)24-20-13-5-2-6-14-20/h19-24H,1-18H2. The summed E-state index contributed by atoms with van der Waals surface area (Å²) in [7, 11) is -1.60. The van der Waals surface area contributed by atoms with E-state index < -0.39 is 8.40 Å². The predicted octanol–water partition coefficient (Wildman–Crippen LogP) is 6.16. The van der Waals surface area contributed by atoms with Gasteiger partial charge in [0, 0.05) is 12.1 Å². The van der Waals surface area contributed by atoms with Crippen molar-refractivity contribution >= 4 is 8.40 Å². The highest BCUT2D eigenvalue weighted by molar-refractivity contribution is 6.78. The van der Waals surface area contributed by atoms with Crippen LogP contribution in [0.1, 0.15) is 116 Å². The minimum Gasteiger partial charge on any atom is -0.322 e. The molecular weight excluding hydrogens is 320 g/mol. The summed E-state index contributed by atoms with van der Waals surface area (Å²) < 4.78 is 0. The first kappa shape index (κ1) is 18.5. The summed E-state index contributed by atoms with van der Waals surface area (Å²) in [5.74, 6) is 0.